The fourth-order valence-electron chi connectivity index (χ4n) is 2.40. The smallest absolute Gasteiger partial charge is 0.191 e. The average molecular weight is 250 g/mol. The highest BCUT2D eigenvalue weighted by Gasteiger charge is 2.15. The Bertz CT molecular complexity index is 297. The number of aliphatic imine (C=N–C) groups is 1. The van der Waals surface area contributed by atoms with E-state index in [0.29, 0.717) is 30.9 Å². The number of nitrogens with zero attached hydrogens (tertiary/aromatic N) is 3. The van der Waals surface area contributed by atoms with E-state index in [1.54, 1.807) is 0 Å². The van der Waals surface area contributed by atoms with E-state index in [-0.39, 0.29) is 0 Å². The van der Waals surface area contributed by atoms with Gasteiger partial charge < -0.3 is 10.6 Å². The van der Waals surface area contributed by atoms with E-state index >= 15 is 0 Å². The molecule has 18 heavy (non-hydrogen) atoms. The average Bonchev–Trinajstić information content (AvgIpc) is 2.35. The molecule has 4 nitrogen and oxygen atoms in total. The summed E-state index contributed by atoms with van der Waals surface area (Å²) in [6, 6.07) is 2.58. The summed E-state index contributed by atoms with van der Waals surface area (Å²) in [5.74, 6) is 1.16. The van der Waals surface area contributed by atoms with Gasteiger partial charge in [0.25, 0.3) is 0 Å². The van der Waals surface area contributed by atoms with Gasteiger partial charge in [-0.15, -0.1) is 0 Å². The predicted octanol–water partition coefficient (Wildman–Crippen LogP) is 2.51. The predicted molar refractivity (Wildman–Crippen MR) is 75.1 cm³/mol. The molecule has 0 aromatic heterocycles. The number of nitriles is 1. The van der Waals surface area contributed by atoms with Crippen molar-refractivity contribution in [1.29, 1.82) is 5.26 Å². The van der Waals surface area contributed by atoms with Crippen LogP contribution in [0.1, 0.15) is 52.4 Å². The number of hydrogen-bond acceptors (Lipinski definition) is 2. The first-order valence-corrected chi connectivity index (χ1v) is 7.08. The molecule has 0 unspecified atom stereocenters. The summed E-state index contributed by atoms with van der Waals surface area (Å²) in [4.78, 5) is 6.71. The lowest BCUT2D eigenvalue weighted by molar-refractivity contribution is 0.360. The van der Waals surface area contributed by atoms with Gasteiger partial charge in [-0.05, 0) is 18.8 Å². The first-order valence-electron chi connectivity index (χ1n) is 7.08. The quantitative estimate of drug-likeness (QED) is 0.602. The summed E-state index contributed by atoms with van der Waals surface area (Å²) in [5, 5.41) is 8.70. The molecular weight excluding hydrogens is 224 g/mol. The first-order chi connectivity index (χ1) is 8.63. The molecule has 1 saturated carbocycles. The van der Waals surface area contributed by atoms with Crippen LogP contribution >= 0.6 is 0 Å². The zero-order valence-corrected chi connectivity index (χ0v) is 11.7. The van der Waals surface area contributed by atoms with Gasteiger partial charge >= 0.3 is 0 Å². The summed E-state index contributed by atoms with van der Waals surface area (Å²) in [7, 11) is 0. The second-order valence-corrected chi connectivity index (χ2v) is 5.53. The number of hydrogen-bond donors (Lipinski definition) is 1. The van der Waals surface area contributed by atoms with Crippen molar-refractivity contribution in [3.8, 4) is 6.07 Å². The van der Waals surface area contributed by atoms with E-state index in [1.807, 2.05) is 0 Å². The zero-order chi connectivity index (χ0) is 13.4. The standard InChI is InChI=1S/C14H26N4/c1-12(2)11-18(10-6-9-15)14(16)17-13-7-4-3-5-8-13/h12-13H,3-8,10-11H2,1-2H3,(H2,16,17). The third kappa shape index (κ3) is 5.39. The molecule has 1 rings (SSSR count). The van der Waals surface area contributed by atoms with E-state index in [0.717, 1.165) is 19.4 Å². The minimum absolute atomic E-state index is 0.399. The van der Waals surface area contributed by atoms with Crippen molar-refractivity contribution in [1.82, 2.24) is 4.90 Å². The Hall–Kier alpha value is -1.24. The van der Waals surface area contributed by atoms with Crippen LogP contribution in [0.4, 0.5) is 0 Å². The maximum atomic E-state index is 8.70. The molecule has 0 atom stereocenters. The van der Waals surface area contributed by atoms with Crippen LogP contribution in [-0.4, -0.2) is 30.0 Å². The lowest BCUT2D eigenvalue weighted by Gasteiger charge is -2.26. The van der Waals surface area contributed by atoms with Gasteiger partial charge in [0.1, 0.15) is 0 Å². The van der Waals surface area contributed by atoms with Gasteiger partial charge in [-0.1, -0.05) is 33.1 Å². The monoisotopic (exact) mass is 250 g/mol. The van der Waals surface area contributed by atoms with Crippen molar-refractivity contribution in [3.05, 3.63) is 0 Å². The molecule has 0 saturated heterocycles. The lowest BCUT2D eigenvalue weighted by atomic mass is 9.96. The Morgan fingerprint density at radius 2 is 2.06 bits per heavy atom. The van der Waals surface area contributed by atoms with Gasteiger partial charge in [-0.3, -0.25) is 0 Å². The second-order valence-electron chi connectivity index (χ2n) is 5.53. The molecule has 0 aliphatic heterocycles. The van der Waals surface area contributed by atoms with E-state index in [2.05, 4.69) is 29.8 Å². The van der Waals surface area contributed by atoms with Gasteiger partial charge in [0.05, 0.1) is 18.5 Å². The summed E-state index contributed by atoms with van der Waals surface area (Å²) in [5.41, 5.74) is 6.10. The van der Waals surface area contributed by atoms with Crippen molar-refractivity contribution >= 4 is 5.96 Å². The maximum absolute atomic E-state index is 8.70. The Morgan fingerprint density at radius 3 is 2.61 bits per heavy atom. The lowest BCUT2D eigenvalue weighted by Crippen LogP contribution is -2.41. The molecule has 1 aliphatic carbocycles. The van der Waals surface area contributed by atoms with Crippen LogP contribution in [0.2, 0.25) is 0 Å². The number of nitrogens with two attached hydrogens (primary N) is 1. The molecule has 0 bridgehead atoms. The van der Waals surface area contributed by atoms with Crippen molar-refractivity contribution in [2.45, 2.75) is 58.4 Å². The minimum Gasteiger partial charge on any atom is -0.370 e. The van der Waals surface area contributed by atoms with Gasteiger partial charge in [0.2, 0.25) is 0 Å². The zero-order valence-electron chi connectivity index (χ0n) is 11.7. The number of rotatable bonds is 5. The molecule has 2 N–H and O–H groups in total. The highest BCUT2D eigenvalue weighted by atomic mass is 15.3. The summed E-state index contributed by atoms with van der Waals surface area (Å²) in [6.45, 7) is 5.89. The van der Waals surface area contributed by atoms with Crippen molar-refractivity contribution in [2.75, 3.05) is 13.1 Å². The van der Waals surface area contributed by atoms with Crippen LogP contribution in [0.25, 0.3) is 0 Å². The fourth-order valence-corrected chi connectivity index (χ4v) is 2.40. The van der Waals surface area contributed by atoms with Gasteiger partial charge in [-0.25, -0.2) is 4.99 Å². The molecular formula is C14H26N4. The Morgan fingerprint density at radius 1 is 1.39 bits per heavy atom. The highest BCUT2D eigenvalue weighted by Crippen LogP contribution is 2.20. The Kier molecular flexibility index (Phi) is 6.56. The topological polar surface area (TPSA) is 65.4 Å². The third-order valence-corrected chi connectivity index (χ3v) is 3.29. The molecule has 0 spiro atoms. The molecule has 1 fully saturated rings. The minimum atomic E-state index is 0.399. The van der Waals surface area contributed by atoms with Crippen LogP contribution in [0, 0.1) is 17.2 Å². The summed E-state index contributed by atoms with van der Waals surface area (Å²) < 4.78 is 0. The Labute approximate surface area is 111 Å². The molecule has 102 valence electrons. The van der Waals surface area contributed by atoms with E-state index in [9.17, 15) is 0 Å². The highest BCUT2D eigenvalue weighted by molar-refractivity contribution is 5.78. The van der Waals surface area contributed by atoms with E-state index in [4.69, 9.17) is 11.0 Å². The normalized spacial score (nSPS) is 17.8. The van der Waals surface area contributed by atoms with Crippen molar-refractivity contribution in [2.24, 2.45) is 16.6 Å². The molecule has 0 radical (unpaired) electrons. The van der Waals surface area contributed by atoms with Gasteiger partial charge in [0.15, 0.2) is 5.96 Å². The maximum Gasteiger partial charge on any atom is 0.191 e. The van der Waals surface area contributed by atoms with Crippen molar-refractivity contribution < 1.29 is 0 Å². The molecule has 0 aromatic rings. The van der Waals surface area contributed by atoms with E-state index < -0.39 is 0 Å². The molecule has 0 heterocycles. The van der Waals surface area contributed by atoms with Gasteiger partial charge in [0, 0.05) is 13.1 Å². The van der Waals surface area contributed by atoms with E-state index in [1.165, 1.54) is 19.3 Å². The van der Waals surface area contributed by atoms with Crippen LogP contribution in [0.15, 0.2) is 4.99 Å². The van der Waals surface area contributed by atoms with Crippen LogP contribution < -0.4 is 5.73 Å². The van der Waals surface area contributed by atoms with Crippen LogP contribution in [-0.2, 0) is 0 Å². The number of guanidine groups is 1. The molecule has 0 amide bonds. The fraction of sp³-hybridized carbons (Fsp3) is 0.857. The van der Waals surface area contributed by atoms with Crippen molar-refractivity contribution in [3.63, 3.8) is 0 Å². The molecule has 0 aromatic carbocycles. The second kappa shape index (κ2) is 7.97. The summed E-state index contributed by atoms with van der Waals surface area (Å²) >= 11 is 0. The first kappa shape index (κ1) is 14.8. The molecule has 1 aliphatic rings. The Balaban J connectivity index is 2.57. The van der Waals surface area contributed by atoms with Crippen LogP contribution in [0.3, 0.4) is 0 Å². The SMILES string of the molecule is CC(C)CN(CCC#N)C(N)=NC1CCCCC1. The third-order valence-electron chi connectivity index (χ3n) is 3.29. The largest absolute Gasteiger partial charge is 0.370 e. The van der Waals surface area contributed by atoms with Gasteiger partial charge in [-0.2, -0.15) is 5.26 Å². The molecule has 4 heteroatoms. The van der Waals surface area contributed by atoms with Crippen LogP contribution in [0.5, 0.6) is 0 Å². The summed E-state index contributed by atoms with van der Waals surface area (Å²) in [6.07, 6.45) is 6.69.